The third-order valence-electron chi connectivity index (χ3n) is 5.32. The van der Waals surface area contributed by atoms with Crippen LogP contribution in [0.2, 0.25) is 0 Å². The number of anilines is 1. The van der Waals surface area contributed by atoms with Crippen molar-refractivity contribution >= 4 is 27.3 Å². The van der Waals surface area contributed by atoms with Crippen molar-refractivity contribution in [3.05, 3.63) is 88.0 Å². The standard InChI is InChI=1S/C24H25N3O7S/c1-16-19(10-7-11-21(16)27(29)30)25-24(28)20(14-17-8-5-4-6-9-17)26-35(31,32)18-12-13-22(33-2)23(15-18)34-3/h4-13,15,20,26H,14H2,1-3H3,(H,25,28)/t20-/m0/s1. The molecule has 0 saturated heterocycles. The molecule has 0 aliphatic carbocycles. The number of nitro benzene ring substituents is 1. The topological polar surface area (TPSA) is 137 Å². The summed E-state index contributed by atoms with van der Waals surface area (Å²) in [4.78, 5) is 23.8. The van der Waals surface area contributed by atoms with Crippen molar-refractivity contribution in [1.82, 2.24) is 4.72 Å². The number of methoxy groups -OCH3 is 2. The van der Waals surface area contributed by atoms with E-state index in [-0.39, 0.29) is 34.0 Å². The van der Waals surface area contributed by atoms with Crippen molar-refractivity contribution < 1.29 is 27.6 Å². The highest BCUT2D eigenvalue weighted by Gasteiger charge is 2.28. The Kier molecular flexibility index (Phi) is 8.05. The lowest BCUT2D eigenvalue weighted by atomic mass is 10.1. The Bertz CT molecular complexity index is 1330. The number of nitrogens with zero attached hydrogens (tertiary/aromatic N) is 1. The first-order valence-electron chi connectivity index (χ1n) is 10.5. The third kappa shape index (κ3) is 6.14. The van der Waals surface area contributed by atoms with Crippen LogP contribution in [-0.2, 0) is 21.2 Å². The molecule has 0 fully saturated rings. The summed E-state index contributed by atoms with van der Waals surface area (Å²) in [6.45, 7) is 1.51. The number of hydrogen-bond acceptors (Lipinski definition) is 7. The van der Waals surface area contributed by atoms with Gasteiger partial charge in [0.05, 0.1) is 35.3 Å². The average molecular weight is 500 g/mol. The normalized spacial score (nSPS) is 12.0. The molecule has 1 atom stereocenters. The zero-order valence-corrected chi connectivity index (χ0v) is 20.2. The Morgan fingerprint density at radius 1 is 1.00 bits per heavy atom. The van der Waals surface area contributed by atoms with Gasteiger partial charge in [0.15, 0.2) is 11.5 Å². The molecule has 0 unspecified atom stereocenters. The van der Waals surface area contributed by atoms with Gasteiger partial charge < -0.3 is 14.8 Å². The van der Waals surface area contributed by atoms with Gasteiger partial charge in [-0.3, -0.25) is 14.9 Å². The fourth-order valence-corrected chi connectivity index (χ4v) is 4.66. The molecule has 0 spiro atoms. The average Bonchev–Trinajstić information content (AvgIpc) is 2.84. The molecule has 0 radical (unpaired) electrons. The van der Waals surface area contributed by atoms with E-state index in [4.69, 9.17) is 9.47 Å². The summed E-state index contributed by atoms with van der Waals surface area (Å²) in [5, 5.41) is 13.9. The van der Waals surface area contributed by atoms with Gasteiger partial charge in [0.2, 0.25) is 15.9 Å². The Hall–Kier alpha value is -3.96. The van der Waals surface area contributed by atoms with Crippen molar-refractivity contribution in [2.75, 3.05) is 19.5 Å². The number of benzene rings is 3. The number of rotatable bonds is 10. The molecule has 0 aliphatic heterocycles. The number of amides is 1. The quantitative estimate of drug-likeness (QED) is 0.322. The van der Waals surface area contributed by atoms with E-state index in [1.807, 2.05) is 0 Å². The molecule has 10 nitrogen and oxygen atoms in total. The van der Waals surface area contributed by atoms with Gasteiger partial charge in [-0.1, -0.05) is 36.4 Å². The molecule has 0 heterocycles. The van der Waals surface area contributed by atoms with Crippen LogP contribution in [0.15, 0.2) is 71.6 Å². The maximum atomic E-state index is 13.2. The number of carbonyl (C=O) groups is 1. The van der Waals surface area contributed by atoms with Crippen LogP contribution >= 0.6 is 0 Å². The molecular weight excluding hydrogens is 474 g/mol. The first-order chi connectivity index (χ1) is 16.7. The second-order valence-electron chi connectivity index (χ2n) is 7.58. The lowest BCUT2D eigenvalue weighted by Gasteiger charge is -2.20. The van der Waals surface area contributed by atoms with E-state index >= 15 is 0 Å². The molecule has 0 bridgehead atoms. The van der Waals surface area contributed by atoms with Gasteiger partial charge in [-0.2, -0.15) is 4.72 Å². The fourth-order valence-electron chi connectivity index (χ4n) is 3.45. The second kappa shape index (κ2) is 11.0. The molecule has 1 amide bonds. The first kappa shape index (κ1) is 25.7. The Morgan fingerprint density at radius 2 is 1.69 bits per heavy atom. The Labute approximate surface area is 203 Å². The predicted octanol–water partition coefficient (Wildman–Crippen LogP) is 3.45. The van der Waals surface area contributed by atoms with E-state index in [1.165, 1.54) is 57.5 Å². The fraction of sp³-hybridized carbons (Fsp3) is 0.208. The lowest BCUT2D eigenvalue weighted by molar-refractivity contribution is -0.385. The highest BCUT2D eigenvalue weighted by molar-refractivity contribution is 7.89. The third-order valence-corrected chi connectivity index (χ3v) is 6.79. The Balaban J connectivity index is 1.94. The van der Waals surface area contributed by atoms with E-state index in [1.54, 1.807) is 30.3 Å². The summed E-state index contributed by atoms with van der Waals surface area (Å²) in [5.41, 5.74) is 1.03. The predicted molar refractivity (Wildman–Crippen MR) is 130 cm³/mol. The van der Waals surface area contributed by atoms with E-state index < -0.39 is 26.9 Å². The largest absolute Gasteiger partial charge is 0.493 e. The molecular formula is C24H25N3O7S. The van der Waals surface area contributed by atoms with Crippen molar-refractivity contribution in [3.8, 4) is 11.5 Å². The zero-order valence-electron chi connectivity index (χ0n) is 19.3. The summed E-state index contributed by atoms with van der Waals surface area (Å²) >= 11 is 0. The van der Waals surface area contributed by atoms with Crippen LogP contribution in [0.25, 0.3) is 0 Å². The van der Waals surface area contributed by atoms with Crippen LogP contribution in [0.5, 0.6) is 11.5 Å². The number of hydrogen-bond donors (Lipinski definition) is 2. The molecule has 3 aromatic rings. The minimum Gasteiger partial charge on any atom is -0.493 e. The number of nitro groups is 1. The molecule has 0 aromatic heterocycles. The molecule has 2 N–H and O–H groups in total. The molecule has 0 saturated carbocycles. The molecule has 35 heavy (non-hydrogen) atoms. The summed E-state index contributed by atoms with van der Waals surface area (Å²) < 4.78 is 39.2. The van der Waals surface area contributed by atoms with Crippen molar-refractivity contribution in [1.29, 1.82) is 0 Å². The first-order valence-corrected chi connectivity index (χ1v) is 12.0. The lowest BCUT2D eigenvalue weighted by Crippen LogP contribution is -2.45. The van der Waals surface area contributed by atoms with Gasteiger partial charge in [-0.05, 0) is 37.1 Å². The van der Waals surface area contributed by atoms with Gasteiger partial charge in [0, 0.05) is 12.1 Å². The van der Waals surface area contributed by atoms with Crippen molar-refractivity contribution in [2.45, 2.75) is 24.3 Å². The molecule has 184 valence electrons. The van der Waals surface area contributed by atoms with E-state index in [0.29, 0.717) is 5.75 Å². The summed E-state index contributed by atoms with van der Waals surface area (Å²) in [5.74, 6) is -0.0978. The molecule has 3 rings (SSSR count). The maximum absolute atomic E-state index is 13.2. The molecule has 11 heteroatoms. The van der Waals surface area contributed by atoms with Crippen LogP contribution in [0, 0.1) is 17.0 Å². The smallest absolute Gasteiger partial charge is 0.274 e. The van der Waals surface area contributed by atoms with Gasteiger partial charge in [0.1, 0.15) is 6.04 Å². The number of nitrogens with one attached hydrogen (secondary N) is 2. The van der Waals surface area contributed by atoms with Crippen LogP contribution in [0.4, 0.5) is 11.4 Å². The van der Waals surface area contributed by atoms with E-state index in [2.05, 4.69) is 10.0 Å². The minimum absolute atomic E-state index is 0.0488. The highest BCUT2D eigenvalue weighted by Crippen LogP contribution is 2.30. The second-order valence-corrected chi connectivity index (χ2v) is 9.29. The van der Waals surface area contributed by atoms with Gasteiger partial charge >= 0.3 is 0 Å². The minimum atomic E-state index is -4.16. The number of ether oxygens (including phenoxy) is 2. The number of carbonyl (C=O) groups excluding carboxylic acids is 1. The number of sulfonamides is 1. The van der Waals surface area contributed by atoms with E-state index in [9.17, 15) is 23.3 Å². The van der Waals surface area contributed by atoms with E-state index in [0.717, 1.165) is 5.56 Å². The monoisotopic (exact) mass is 499 g/mol. The van der Waals surface area contributed by atoms with Crippen molar-refractivity contribution in [3.63, 3.8) is 0 Å². The molecule has 0 aliphatic rings. The highest BCUT2D eigenvalue weighted by atomic mass is 32.2. The summed E-state index contributed by atoms with van der Waals surface area (Å²) in [6, 6.07) is 16.0. The van der Waals surface area contributed by atoms with Crippen LogP contribution in [-0.4, -0.2) is 39.5 Å². The molecule has 3 aromatic carbocycles. The van der Waals surface area contributed by atoms with Gasteiger partial charge in [-0.25, -0.2) is 8.42 Å². The summed E-state index contributed by atoms with van der Waals surface area (Å²) in [6.07, 6.45) is 0.0488. The van der Waals surface area contributed by atoms with Crippen molar-refractivity contribution in [2.24, 2.45) is 0 Å². The Morgan fingerprint density at radius 3 is 2.31 bits per heavy atom. The summed E-state index contributed by atoms with van der Waals surface area (Å²) in [7, 11) is -1.35. The van der Waals surface area contributed by atoms with Crippen LogP contribution < -0.4 is 19.5 Å². The maximum Gasteiger partial charge on any atom is 0.274 e. The van der Waals surface area contributed by atoms with Gasteiger partial charge in [0.25, 0.3) is 5.69 Å². The van der Waals surface area contributed by atoms with Crippen LogP contribution in [0.1, 0.15) is 11.1 Å². The van der Waals surface area contributed by atoms with Gasteiger partial charge in [-0.15, -0.1) is 0 Å². The van der Waals surface area contributed by atoms with Crippen LogP contribution in [0.3, 0.4) is 0 Å². The zero-order chi connectivity index (χ0) is 25.6. The SMILES string of the molecule is COc1ccc(S(=O)(=O)N[C@@H](Cc2ccccc2)C(=O)Nc2cccc([N+](=O)[O-])c2C)cc1OC.